The zero-order valence-electron chi connectivity index (χ0n) is 17.5. The fourth-order valence-corrected chi connectivity index (χ4v) is 3.85. The highest BCUT2D eigenvalue weighted by Gasteiger charge is 2.27. The number of aromatic nitrogens is 5. The molecule has 3 aromatic rings. The van der Waals surface area contributed by atoms with Crippen LogP contribution in [0.4, 0.5) is 10.2 Å². The number of anilines is 1. The van der Waals surface area contributed by atoms with Crippen LogP contribution < -0.4 is 5.32 Å². The first-order chi connectivity index (χ1) is 14.3. The van der Waals surface area contributed by atoms with Crippen molar-refractivity contribution in [3.8, 4) is 11.5 Å². The highest BCUT2D eigenvalue weighted by molar-refractivity contribution is 5.92. The topological polar surface area (TPSA) is 106 Å². The fourth-order valence-electron chi connectivity index (χ4n) is 3.85. The first kappa shape index (κ1) is 20.2. The van der Waals surface area contributed by atoms with E-state index >= 15 is 4.39 Å². The zero-order valence-corrected chi connectivity index (χ0v) is 17.5. The van der Waals surface area contributed by atoms with Gasteiger partial charge in [0, 0.05) is 19.3 Å². The van der Waals surface area contributed by atoms with Gasteiger partial charge in [-0.2, -0.15) is 0 Å². The Morgan fingerprint density at radius 1 is 1.27 bits per heavy atom. The van der Waals surface area contributed by atoms with Crippen molar-refractivity contribution in [1.29, 1.82) is 0 Å². The summed E-state index contributed by atoms with van der Waals surface area (Å²) in [6.45, 7) is 5.88. The predicted molar refractivity (Wildman–Crippen MR) is 111 cm³/mol. The summed E-state index contributed by atoms with van der Waals surface area (Å²) in [4.78, 5) is 28.5. The number of halogens is 1. The normalized spacial score (nSPS) is 15.4. The van der Waals surface area contributed by atoms with Crippen molar-refractivity contribution in [3.05, 3.63) is 29.5 Å². The molecular weight excluding hydrogens is 387 g/mol. The summed E-state index contributed by atoms with van der Waals surface area (Å²) < 4.78 is 16.8. The second-order valence-electron chi connectivity index (χ2n) is 8.21. The Bertz CT molecular complexity index is 1120. The zero-order chi connectivity index (χ0) is 21.6. The lowest BCUT2D eigenvalue weighted by atomic mass is 9.80. The number of hydrogen-bond acceptors (Lipinski definition) is 6. The number of pyridine rings is 1. The van der Waals surface area contributed by atoms with E-state index in [1.807, 2.05) is 13.8 Å². The van der Waals surface area contributed by atoms with E-state index in [0.29, 0.717) is 22.8 Å². The molecule has 2 N–H and O–H groups in total. The third-order valence-electron chi connectivity index (χ3n) is 5.90. The first-order valence-corrected chi connectivity index (χ1v) is 10.2. The number of aromatic carboxylic acids is 1. The fraction of sp³-hybridized carbons (Fsp3) is 0.476. The maximum Gasteiger partial charge on any atom is 0.374 e. The van der Waals surface area contributed by atoms with E-state index in [4.69, 9.17) is 0 Å². The minimum absolute atomic E-state index is 0.0135. The molecule has 8 nitrogen and oxygen atoms in total. The van der Waals surface area contributed by atoms with Gasteiger partial charge in [-0.3, -0.25) is 0 Å². The van der Waals surface area contributed by atoms with Crippen LogP contribution in [0.15, 0.2) is 12.3 Å². The monoisotopic (exact) mass is 412 g/mol. The van der Waals surface area contributed by atoms with Gasteiger partial charge in [0.25, 0.3) is 0 Å². The molecule has 158 valence electrons. The average molecular weight is 412 g/mol. The number of nitrogens with one attached hydrogen (secondary N) is 1. The number of aryl methyl sites for hydroxylation is 1. The van der Waals surface area contributed by atoms with Crippen molar-refractivity contribution in [2.45, 2.75) is 52.0 Å². The van der Waals surface area contributed by atoms with E-state index in [1.165, 1.54) is 6.42 Å². The van der Waals surface area contributed by atoms with E-state index in [-0.39, 0.29) is 34.9 Å². The van der Waals surface area contributed by atoms with Gasteiger partial charge in [0.2, 0.25) is 5.82 Å². The Kier molecular flexibility index (Phi) is 5.13. The average Bonchev–Trinajstić information content (AvgIpc) is 2.96. The molecule has 0 aliphatic heterocycles. The molecule has 30 heavy (non-hydrogen) atoms. The lowest BCUT2D eigenvalue weighted by Gasteiger charge is -2.32. The molecule has 9 heteroatoms. The van der Waals surface area contributed by atoms with Gasteiger partial charge < -0.3 is 15.0 Å². The number of carboxylic acid groups (broad SMARTS) is 1. The highest BCUT2D eigenvalue weighted by atomic mass is 19.1. The molecule has 0 amide bonds. The number of fused-ring (bicyclic) bond motifs is 1. The largest absolute Gasteiger partial charge is 0.475 e. The Labute approximate surface area is 173 Å². The van der Waals surface area contributed by atoms with Crippen LogP contribution in [0, 0.1) is 11.7 Å². The third kappa shape index (κ3) is 3.38. The molecule has 4 rings (SSSR count). The lowest BCUT2D eigenvalue weighted by molar-refractivity contribution is 0.0684. The molecule has 1 aliphatic carbocycles. The number of carbonyl (C=O) groups is 1. The van der Waals surface area contributed by atoms with Crippen LogP contribution in [0.25, 0.3) is 22.7 Å². The minimum atomic E-state index is -1.24. The number of hydrogen-bond donors (Lipinski definition) is 2. The second-order valence-corrected chi connectivity index (χ2v) is 8.21. The molecule has 0 aromatic carbocycles. The third-order valence-corrected chi connectivity index (χ3v) is 5.90. The Morgan fingerprint density at radius 2 is 2.00 bits per heavy atom. The molecule has 1 aliphatic rings. The SMILES string of the molecule is CC(C)c1ccnc(-c2nc3nc(C(=O)O)nc(NC(C)C4CCC4)c3n2C)c1F. The van der Waals surface area contributed by atoms with Crippen molar-refractivity contribution < 1.29 is 14.3 Å². The molecular formula is C21H25FN6O2. The summed E-state index contributed by atoms with van der Waals surface area (Å²) in [7, 11) is 1.73. The molecule has 1 atom stereocenters. The first-order valence-electron chi connectivity index (χ1n) is 10.2. The smallest absolute Gasteiger partial charge is 0.374 e. The van der Waals surface area contributed by atoms with E-state index in [2.05, 4.69) is 32.2 Å². The Balaban J connectivity index is 1.88. The molecule has 3 aromatic heterocycles. The van der Waals surface area contributed by atoms with Gasteiger partial charge >= 0.3 is 5.97 Å². The van der Waals surface area contributed by atoms with Crippen molar-refractivity contribution >= 4 is 23.0 Å². The van der Waals surface area contributed by atoms with Gasteiger partial charge in [-0.25, -0.2) is 29.1 Å². The summed E-state index contributed by atoms with van der Waals surface area (Å²) in [5, 5.41) is 12.8. The molecule has 0 spiro atoms. The van der Waals surface area contributed by atoms with E-state index in [0.717, 1.165) is 12.8 Å². The summed E-state index contributed by atoms with van der Waals surface area (Å²) in [5.41, 5.74) is 1.37. The quantitative estimate of drug-likeness (QED) is 0.630. The molecule has 0 radical (unpaired) electrons. The summed E-state index contributed by atoms with van der Waals surface area (Å²) in [6, 6.07) is 1.78. The number of rotatable bonds is 6. The standard InChI is InChI=1S/C21H25FN6O2/c1-10(2)13-8-9-23-15(14(13)22)20-27-18-16(28(20)4)17(25-19(26-18)21(29)30)24-11(3)12-6-5-7-12/h8-12H,5-7H2,1-4H3,(H,29,30)(H,24,25,26). The van der Waals surface area contributed by atoms with Crippen LogP contribution in [0.2, 0.25) is 0 Å². The van der Waals surface area contributed by atoms with Gasteiger partial charge in [-0.1, -0.05) is 20.3 Å². The summed E-state index contributed by atoms with van der Waals surface area (Å²) in [6.07, 6.45) is 5.01. The number of carboxylic acids is 1. The Morgan fingerprint density at radius 3 is 2.60 bits per heavy atom. The van der Waals surface area contributed by atoms with Crippen LogP contribution in [0.5, 0.6) is 0 Å². The number of nitrogens with zero attached hydrogens (tertiary/aromatic N) is 5. The number of imidazole rings is 1. The molecule has 1 unspecified atom stereocenters. The van der Waals surface area contributed by atoms with Crippen molar-refractivity contribution in [2.75, 3.05) is 5.32 Å². The predicted octanol–water partition coefficient (Wildman–Crippen LogP) is 3.99. The van der Waals surface area contributed by atoms with Crippen LogP contribution >= 0.6 is 0 Å². The van der Waals surface area contributed by atoms with Gasteiger partial charge in [-0.05, 0) is 43.2 Å². The minimum Gasteiger partial charge on any atom is -0.475 e. The molecule has 0 saturated heterocycles. The van der Waals surface area contributed by atoms with Gasteiger partial charge in [0.05, 0.1) is 0 Å². The van der Waals surface area contributed by atoms with Crippen LogP contribution in [0.1, 0.15) is 62.1 Å². The van der Waals surface area contributed by atoms with E-state index in [9.17, 15) is 9.90 Å². The van der Waals surface area contributed by atoms with Gasteiger partial charge in [0.15, 0.2) is 23.1 Å². The second kappa shape index (κ2) is 7.62. The van der Waals surface area contributed by atoms with Crippen LogP contribution in [-0.2, 0) is 7.05 Å². The summed E-state index contributed by atoms with van der Waals surface area (Å²) in [5.74, 6) is -0.859. The van der Waals surface area contributed by atoms with Crippen LogP contribution in [0.3, 0.4) is 0 Å². The van der Waals surface area contributed by atoms with Crippen molar-refractivity contribution in [3.63, 3.8) is 0 Å². The molecule has 3 heterocycles. The lowest BCUT2D eigenvalue weighted by Crippen LogP contribution is -2.31. The maximum atomic E-state index is 15.1. The van der Waals surface area contributed by atoms with Gasteiger partial charge in [0.1, 0.15) is 11.2 Å². The van der Waals surface area contributed by atoms with Crippen LogP contribution in [-0.4, -0.2) is 41.6 Å². The Hall–Kier alpha value is -3.10. The molecule has 1 saturated carbocycles. The van der Waals surface area contributed by atoms with Crippen molar-refractivity contribution in [2.24, 2.45) is 13.0 Å². The summed E-state index contributed by atoms with van der Waals surface area (Å²) >= 11 is 0. The van der Waals surface area contributed by atoms with Crippen molar-refractivity contribution in [1.82, 2.24) is 24.5 Å². The maximum absolute atomic E-state index is 15.1. The highest BCUT2D eigenvalue weighted by Crippen LogP contribution is 2.33. The van der Waals surface area contributed by atoms with Gasteiger partial charge in [-0.15, -0.1) is 0 Å². The molecule has 1 fully saturated rings. The van der Waals surface area contributed by atoms with E-state index in [1.54, 1.807) is 23.9 Å². The van der Waals surface area contributed by atoms with E-state index < -0.39 is 11.8 Å². The molecule has 0 bridgehead atoms.